The van der Waals surface area contributed by atoms with Crippen LogP contribution in [0.15, 0.2) is 42.5 Å². The topological polar surface area (TPSA) is 26.3 Å². The molecule has 0 aromatic heterocycles. The van der Waals surface area contributed by atoms with E-state index in [4.69, 9.17) is 4.74 Å². The second-order valence-corrected chi connectivity index (χ2v) is 5.31. The van der Waals surface area contributed by atoms with Crippen LogP contribution in [-0.2, 0) is 13.0 Å². The number of carbonyl (C=O) groups is 1. The molecule has 20 heavy (non-hydrogen) atoms. The number of aryl methyl sites for hydroxylation is 2. The minimum Gasteiger partial charge on any atom is -0.489 e. The number of carbonyl (C=O) groups excluding carboxylic acids is 1. The van der Waals surface area contributed by atoms with E-state index in [9.17, 15) is 4.79 Å². The first-order valence-corrected chi connectivity index (χ1v) is 7.07. The van der Waals surface area contributed by atoms with Crippen LogP contribution < -0.4 is 4.74 Å². The van der Waals surface area contributed by atoms with Gasteiger partial charge in [0.05, 0.1) is 0 Å². The molecular weight excluding hydrogens is 248 g/mol. The molecule has 0 atom stereocenters. The largest absolute Gasteiger partial charge is 0.489 e. The van der Waals surface area contributed by atoms with Gasteiger partial charge in [-0.15, -0.1) is 0 Å². The standard InChI is InChI=1S/C18H18O2/c1-13-5-2-3-6-15(13)12-20-16-10-9-14-7-4-8-18(19)17(14)11-16/h2-3,5-6,9-11H,4,7-8,12H2,1H3. The Morgan fingerprint density at radius 3 is 2.80 bits per heavy atom. The third kappa shape index (κ3) is 2.60. The Labute approximate surface area is 119 Å². The predicted octanol–water partition coefficient (Wildman–Crippen LogP) is 4.09. The number of hydrogen-bond donors (Lipinski definition) is 0. The lowest BCUT2D eigenvalue weighted by Gasteiger charge is -2.16. The smallest absolute Gasteiger partial charge is 0.163 e. The average molecular weight is 266 g/mol. The highest BCUT2D eigenvalue weighted by Gasteiger charge is 2.17. The average Bonchev–Trinajstić information content (AvgIpc) is 2.47. The first-order chi connectivity index (χ1) is 9.74. The fraction of sp³-hybridized carbons (Fsp3) is 0.278. The maximum absolute atomic E-state index is 11.9. The van der Waals surface area contributed by atoms with Crippen molar-refractivity contribution in [3.05, 3.63) is 64.7 Å². The van der Waals surface area contributed by atoms with Crippen molar-refractivity contribution in [2.75, 3.05) is 0 Å². The monoisotopic (exact) mass is 266 g/mol. The van der Waals surface area contributed by atoms with E-state index in [1.165, 1.54) is 11.1 Å². The van der Waals surface area contributed by atoms with Gasteiger partial charge in [-0.2, -0.15) is 0 Å². The van der Waals surface area contributed by atoms with Gasteiger partial charge in [0.15, 0.2) is 5.78 Å². The lowest BCUT2D eigenvalue weighted by molar-refractivity contribution is 0.0972. The Balaban J connectivity index is 1.77. The SMILES string of the molecule is Cc1ccccc1COc1ccc2c(c1)C(=O)CCC2. The van der Waals surface area contributed by atoms with Crippen molar-refractivity contribution >= 4 is 5.78 Å². The highest BCUT2D eigenvalue weighted by Crippen LogP contribution is 2.26. The zero-order valence-electron chi connectivity index (χ0n) is 11.7. The van der Waals surface area contributed by atoms with Crippen LogP contribution in [0.4, 0.5) is 0 Å². The zero-order chi connectivity index (χ0) is 13.9. The van der Waals surface area contributed by atoms with Gasteiger partial charge in [0.2, 0.25) is 0 Å². The molecule has 3 rings (SSSR count). The third-order valence-corrected chi connectivity index (χ3v) is 3.89. The molecule has 1 aliphatic carbocycles. The summed E-state index contributed by atoms with van der Waals surface area (Å²) < 4.78 is 5.84. The third-order valence-electron chi connectivity index (χ3n) is 3.89. The molecule has 0 aliphatic heterocycles. The fourth-order valence-electron chi connectivity index (χ4n) is 2.63. The minimum atomic E-state index is 0.243. The molecule has 0 bridgehead atoms. The number of ether oxygens (including phenoxy) is 1. The zero-order valence-corrected chi connectivity index (χ0v) is 11.7. The van der Waals surface area contributed by atoms with Crippen molar-refractivity contribution in [2.45, 2.75) is 32.8 Å². The highest BCUT2D eigenvalue weighted by molar-refractivity contribution is 5.98. The fourth-order valence-corrected chi connectivity index (χ4v) is 2.63. The van der Waals surface area contributed by atoms with Crippen LogP contribution in [0.1, 0.15) is 39.9 Å². The lowest BCUT2D eigenvalue weighted by atomic mass is 9.90. The Kier molecular flexibility index (Phi) is 3.55. The van der Waals surface area contributed by atoms with E-state index < -0.39 is 0 Å². The number of ketones is 1. The molecule has 0 spiro atoms. The van der Waals surface area contributed by atoms with Gasteiger partial charge in [-0.05, 0) is 48.6 Å². The summed E-state index contributed by atoms with van der Waals surface area (Å²) in [7, 11) is 0. The second-order valence-electron chi connectivity index (χ2n) is 5.31. The molecule has 0 radical (unpaired) electrons. The van der Waals surface area contributed by atoms with Crippen molar-refractivity contribution in [1.82, 2.24) is 0 Å². The van der Waals surface area contributed by atoms with Gasteiger partial charge in [0.1, 0.15) is 12.4 Å². The van der Waals surface area contributed by atoms with Crippen LogP contribution in [0.2, 0.25) is 0 Å². The predicted molar refractivity (Wildman–Crippen MR) is 79.2 cm³/mol. The number of benzene rings is 2. The van der Waals surface area contributed by atoms with Gasteiger partial charge in [0, 0.05) is 12.0 Å². The van der Waals surface area contributed by atoms with Crippen LogP contribution in [0.5, 0.6) is 5.75 Å². The Bertz CT molecular complexity index is 644. The molecule has 1 aliphatic rings. The molecule has 0 fully saturated rings. The molecule has 0 heterocycles. The van der Waals surface area contributed by atoms with Gasteiger partial charge < -0.3 is 4.74 Å². The molecule has 2 aromatic carbocycles. The molecule has 0 amide bonds. The quantitative estimate of drug-likeness (QED) is 0.836. The molecule has 0 N–H and O–H groups in total. The Hall–Kier alpha value is -2.09. The number of rotatable bonds is 3. The van der Waals surface area contributed by atoms with Gasteiger partial charge in [0.25, 0.3) is 0 Å². The number of hydrogen-bond acceptors (Lipinski definition) is 2. The van der Waals surface area contributed by atoms with E-state index in [2.05, 4.69) is 19.1 Å². The van der Waals surface area contributed by atoms with E-state index in [0.717, 1.165) is 29.7 Å². The molecule has 0 saturated carbocycles. The molecule has 0 unspecified atom stereocenters. The summed E-state index contributed by atoms with van der Waals surface area (Å²) >= 11 is 0. The van der Waals surface area contributed by atoms with E-state index in [-0.39, 0.29) is 5.78 Å². The van der Waals surface area contributed by atoms with E-state index in [1.54, 1.807) is 0 Å². The van der Waals surface area contributed by atoms with Crippen molar-refractivity contribution < 1.29 is 9.53 Å². The van der Waals surface area contributed by atoms with Crippen molar-refractivity contribution in [1.29, 1.82) is 0 Å². The van der Waals surface area contributed by atoms with Crippen LogP contribution in [0.3, 0.4) is 0 Å². The van der Waals surface area contributed by atoms with Crippen LogP contribution in [0, 0.1) is 6.92 Å². The maximum Gasteiger partial charge on any atom is 0.163 e. The second kappa shape index (κ2) is 5.49. The van der Waals surface area contributed by atoms with Gasteiger partial charge in [-0.25, -0.2) is 0 Å². The Morgan fingerprint density at radius 2 is 1.95 bits per heavy atom. The molecule has 2 heteroatoms. The molecule has 2 nitrogen and oxygen atoms in total. The lowest BCUT2D eigenvalue weighted by Crippen LogP contribution is -2.10. The van der Waals surface area contributed by atoms with Crippen molar-refractivity contribution in [3.63, 3.8) is 0 Å². The van der Waals surface area contributed by atoms with E-state index >= 15 is 0 Å². The van der Waals surface area contributed by atoms with Crippen LogP contribution in [0.25, 0.3) is 0 Å². The van der Waals surface area contributed by atoms with E-state index in [0.29, 0.717) is 13.0 Å². The van der Waals surface area contributed by atoms with E-state index in [1.807, 2.05) is 30.3 Å². The minimum absolute atomic E-state index is 0.243. The normalized spacial score (nSPS) is 13.9. The van der Waals surface area contributed by atoms with Crippen molar-refractivity contribution in [3.8, 4) is 5.75 Å². The first-order valence-electron chi connectivity index (χ1n) is 7.07. The number of Topliss-reactive ketones (excluding diaryl/α,β-unsaturated/α-hetero) is 1. The molecule has 102 valence electrons. The highest BCUT2D eigenvalue weighted by atomic mass is 16.5. The summed E-state index contributed by atoms with van der Waals surface area (Å²) in [6.45, 7) is 2.62. The summed E-state index contributed by atoms with van der Waals surface area (Å²) in [5.74, 6) is 1.02. The Morgan fingerprint density at radius 1 is 1.10 bits per heavy atom. The molecule has 2 aromatic rings. The summed E-state index contributed by atoms with van der Waals surface area (Å²) in [6.07, 6.45) is 2.63. The molecule has 0 saturated heterocycles. The summed E-state index contributed by atoms with van der Waals surface area (Å²) in [5.41, 5.74) is 4.40. The number of fused-ring (bicyclic) bond motifs is 1. The van der Waals surface area contributed by atoms with Crippen LogP contribution >= 0.6 is 0 Å². The van der Waals surface area contributed by atoms with Crippen molar-refractivity contribution in [2.24, 2.45) is 0 Å². The maximum atomic E-state index is 11.9. The van der Waals surface area contributed by atoms with Gasteiger partial charge in [-0.3, -0.25) is 4.79 Å². The summed E-state index contributed by atoms with van der Waals surface area (Å²) in [5, 5.41) is 0. The molecular formula is C18H18O2. The van der Waals surface area contributed by atoms with Crippen LogP contribution in [-0.4, -0.2) is 5.78 Å². The first kappa shape index (κ1) is 12.9. The summed E-state index contributed by atoms with van der Waals surface area (Å²) in [6, 6.07) is 14.1. The van der Waals surface area contributed by atoms with Gasteiger partial charge >= 0.3 is 0 Å². The summed E-state index contributed by atoms with van der Waals surface area (Å²) in [4.78, 5) is 11.9. The van der Waals surface area contributed by atoms with Gasteiger partial charge in [-0.1, -0.05) is 30.3 Å².